The second kappa shape index (κ2) is 10.5. The summed E-state index contributed by atoms with van der Waals surface area (Å²) in [7, 11) is 0. The van der Waals surface area contributed by atoms with E-state index in [1.807, 2.05) is 38.1 Å². The van der Waals surface area contributed by atoms with Crippen molar-refractivity contribution in [3.63, 3.8) is 0 Å². The van der Waals surface area contributed by atoms with Crippen LogP contribution in [0.2, 0.25) is 0 Å². The van der Waals surface area contributed by atoms with Crippen molar-refractivity contribution >= 4 is 34.7 Å². The van der Waals surface area contributed by atoms with Crippen molar-refractivity contribution in [1.29, 1.82) is 0 Å². The molecule has 0 amide bonds. The van der Waals surface area contributed by atoms with E-state index >= 15 is 0 Å². The third-order valence-corrected chi connectivity index (χ3v) is 5.10. The van der Waals surface area contributed by atoms with Crippen molar-refractivity contribution in [2.24, 2.45) is 0 Å². The van der Waals surface area contributed by atoms with Crippen LogP contribution < -0.4 is 9.47 Å². The smallest absolute Gasteiger partial charge is 0.125 e. The average Bonchev–Trinajstić information content (AvgIpc) is 2.85. The number of hydrogen-bond donors (Lipinski definition) is 2. The van der Waals surface area contributed by atoms with Crippen molar-refractivity contribution in [2.75, 3.05) is 13.2 Å². The molecule has 0 spiro atoms. The van der Waals surface area contributed by atoms with Gasteiger partial charge in [-0.15, -0.1) is 0 Å². The van der Waals surface area contributed by atoms with Gasteiger partial charge in [0, 0.05) is 23.3 Å². The summed E-state index contributed by atoms with van der Waals surface area (Å²) in [6, 6.07) is 21.8. The highest BCUT2D eigenvalue weighted by Crippen LogP contribution is 2.24. The maximum absolute atomic E-state index is 10.8. The van der Waals surface area contributed by atoms with Crippen LogP contribution in [0.15, 0.2) is 72.8 Å². The summed E-state index contributed by atoms with van der Waals surface area (Å²) in [5, 5.41) is 21.6. The van der Waals surface area contributed by atoms with Crippen molar-refractivity contribution in [3.05, 3.63) is 95.3 Å². The number of rotatable bonds is 8. The van der Waals surface area contributed by atoms with Crippen LogP contribution in [0.1, 0.15) is 36.4 Å². The van der Waals surface area contributed by atoms with Crippen molar-refractivity contribution < 1.29 is 19.7 Å². The van der Waals surface area contributed by atoms with Crippen LogP contribution in [-0.2, 0) is 0 Å². The van der Waals surface area contributed by atoms with Crippen molar-refractivity contribution in [3.8, 4) is 11.5 Å². The van der Waals surface area contributed by atoms with Crippen molar-refractivity contribution in [2.45, 2.75) is 13.8 Å². The molecule has 0 atom stereocenters. The molecule has 0 aliphatic rings. The van der Waals surface area contributed by atoms with Gasteiger partial charge in [0.1, 0.15) is 23.0 Å². The van der Waals surface area contributed by atoms with Gasteiger partial charge in [-0.25, -0.2) is 9.97 Å². The Bertz CT molecular complexity index is 1220. The number of aliphatic hydroxyl groups excluding tert-OH is 2. The van der Waals surface area contributed by atoms with Crippen LogP contribution in [0.5, 0.6) is 11.5 Å². The van der Waals surface area contributed by atoms with Crippen LogP contribution in [0.4, 0.5) is 0 Å². The Balaban J connectivity index is 1.73. The number of para-hydroxylation sites is 2. The van der Waals surface area contributed by atoms with Gasteiger partial charge < -0.3 is 19.7 Å². The van der Waals surface area contributed by atoms with Crippen LogP contribution in [0.3, 0.4) is 0 Å². The lowest BCUT2D eigenvalue weighted by Gasteiger charge is -2.08. The third-order valence-electron chi connectivity index (χ3n) is 5.10. The lowest BCUT2D eigenvalue weighted by atomic mass is 10.1. The fourth-order valence-electron chi connectivity index (χ4n) is 3.44. The number of ether oxygens (including phenoxy) is 2. The van der Waals surface area contributed by atoms with Crippen LogP contribution in [-0.4, -0.2) is 33.4 Å². The van der Waals surface area contributed by atoms with Crippen LogP contribution >= 0.6 is 0 Å². The Morgan fingerprint density at radius 2 is 1.03 bits per heavy atom. The topological polar surface area (TPSA) is 84.7 Å². The molecule has 1 heterocycles. The van der Waals surface area contributed by atoms with Gasteiger partial charge in [-0.1, -0.05) is 12.1 Å². The van der Waals surface area contributed by atoms with E-state index < -0.39 is 0 Å². The molecule has 0 saturated heterocycles. The highest BCUT2D eigenvalue weighted by molar-refractivity contribution is 5.86. The number of hydrogen-bond acceptors (Lipinski definition) is 6. The summed E-state index contributed by atoms with van der Waals surface area (Å²) in [5.41, 5.74) is 3.47. The van der Waals surface area contributed by atoms with Gasteiger partial charge in [0.25, 0.3) is 0 Å². The molecule has 3 aromatic carbocycles. The molecule has 0 fully saturated rings. The van der Waals surface area contributed by atoms with Crippen molar-refractivity contribution in [1.82, 2.24) is 9.97 Å². The number of fused-ring (bicyclic) bond motifs is 1. The van der Waals surface area contributed by atoms with Gasteiger partial charge in [0.2, 0.25) is 0 Å². The minimum atomic E-state index is 0.0304. The van der Waals surface area contributed by atoms with Gasteiger partial charge in [-0.05, 0) is 74.5 Å². The number of benzene rings is 3. The van der Waals surface area contributed by atoms with E-state index in [1.54, 1.807) is 60.7 Å². The second-order valence-corrected chi connectivity index (χ2v) is 7.46. The summed E-state index contributed by atoms with van der Waals surface area (Å²) < 4.78 is 10.9. The lowest BCUT2D eigenvalue weighted by Crippen LogP contribution is -1.97. The van der Waals surface area contributed by atoms with Gasteiger partial charge in [0.05, 0.1) is 35.6 Å². The summed E-state index contributed by atoms with van der Waals surface area (Å²) in [4.78, 5) is 9.35. The minimum Gasteiger partial charge on any atom is -0.507 e. The summed E-state index contributed by atoms with van der Waals surface area (Å²) >= 11 is 0. The molecule has 0 saturated carbocycles. The first-order chi connectivity index (χ1) is 16.6. The molecule has 6 heteroatoms. The van der Waals surface area contributed by atoms with E-state index in [2.05, 4.69) is 9.97 Å². The van der Waals surface area contributed by atoms with Gasteiger partial charge in [-0.2, -0.15) is 0 Å². The Hall–Kier alpha value is -4.32. The molecule has 6 nitrogen and oxygen atoms in total. The highest BCUT2D eigenvalue weighted by atomic mass is 16.5. The maximum Gasteiger partial charge on any atom is 0.125 e. The maximum atomic E-state index is 10.8. The first kappa shape index (κ1) is 22.9. The summed E-state index contributed by atoms with van der Waals surface area (Å²) in [6.07, 6.45) is 3.10. The van der Waals surface area contributed by atoms with Gasteiger partial charge in [-0.3, -0.25) is 0 Å². The quantitative estimate of drug-likeness (QED) is 0.294. The standard InChI is InChI=1S/C28H26N2O4/c1-3-33-21-13-9-19(10-14-21)27(31)17-25-26(30-24-8-6-5-7-23(24)29-25)18-28(32)20-11-15-22(16-12-20)34-4-2/h5-18,31-32H,3-4H2,1-2H3/b27-17-,28-18-. The van der Waals surface area contributed by atoms with Crippen LogP contribution in [0, 0.1) is 0 Å². The molecule has 4 aromatic rings. The first-order valence-electron chi connectivity index (χ1n) is 11.1. The highest BCUT2D eigenvalue weighted by Gasteiger charge is 2.10. The SMILES string of the molecule is CCOc1ccc(/C(O)=C/c2nc3ccccc3nc2/C=C(\O)c2ccc(OCC)cc2)cc1. The predicted octanol–water partition coefficient (Wildman–Crippen LogP) is 6.54. The molecule has 2 N–H and O–H groups in total. The Kier molecular flexibility index (Phi) is 7.08. The lowest BCUT2D eigenvalue weighted by molar-refractivity contribution is 0.340. The largest absolute Gasteiger partial charge is 0.507 e. The molecule has 0 aliphatic carbocycles. The molecule has 4 rings (SSSR count). The summed E-state index contributed by atoms with van der Waals surface area (Å²) in [5.74, 6) is 1.52. The number of aromatic nitrogens is 2. The van der Waals surface area contributed by atoms with Gasteiger partial charge >= 0.3 is 0 Å². The monoisotopic (exact) mass is 454 g/mol. The molecule has 0 bridgehead atoms. The normalized spacial score (nSPS) is 12.1. The molecule has 0 unspecified atom stereocenters. The molecular weight excluding hydrogens is 428 g/mol. The average molecular weight is 455 g/mol. The fraction of sp³-hybridized carbons (Fsp3) is 0.143. The van der Waals surface area contributed by atoms with E-state index in [0.717, 1.165) is 11.5 Å². The van der Waals surface area contributed by atoms with E-state index in [4.69, 9.17) is 9.47 Å². The van der Waals surface area contributed by atoms with Gasteiger partial charge in [0.15, 0.2) is 0 Å². The van der Waals surface area contributed by atoms with E-state index in [1.165, 1.54) is 0 Å². The molecule has 1 aromatic heterocycles. The molecule has 34 heavy (non-hydrogen) atoms. The zero-order chi connectivity index (χ0) is 23.9. The zero-order valence-corrected chi connectivity index (χ0v) is 19.1. The minimum absolute atomic E-state index is 0.0304. The fourth-order valence-corrected chi connectivity index (χ4v) is 3.44. The predicted molar refractivity (Wildman–Crippen MR) is 136 cm³/mol. The number of nitrogens with zero attached hydrogens (tertiary/aromatic N) is 2. The zero-order valence-electron chi connectivity index (χ0n) is 19.1. The third kappa shape index (κ3) is 5.35. The van der Waals surface area contributed by atoms with E-state index in [-0.39, 0.29) is 11.5 Å². The Morgan fingerprint density at radius 3 is 1.38 bits per heavy atom. The Morgan fingerprint density at radius 1 is 0.647 bits per heavy atom. The molecule has 0 radical (unpaired) electrons. The summed E-state index contributed by atoms with van der Waals surface area (Å²) in [6.45, 7) is 4.98. The van der Waals surface area contributed by atoms with E-state index in [0.29, 0.717) is 46.8 Å². The first-order valence-corrected chi connectivity index (χ1v) is 11.1. The molecule has 0 aliphatic heterocycles. The molecular formula is C28H26N2O4. The second-order valence-electron chi connectivity index (χ2n) is 7.46. The van der Waals surface area contributed by atoms with Crippen LogP contribution in [0.25, 0.3) is 34.7 Å². The number of aliphatic hydroxyl groups is 2. The molecule has 172 valence electrons. The Labute approximate surface area is 198 Å². The van der Waals surface area contributed by atoms with E-state index in [9.17, 15) is 10.2 Å².